The van der Waals surface area contributed by atoms with Gasteiger partial charge in [0, 0.05) is 25.7 Å². The van der Waals surface area contributed by atoms with Gasteiger partial charge in [-0.2, -0.15) is 0 Å². The highest BCUT2D eigenvalue weighted by atomic mass is 16.5. The third-order valence-corrected chi connectivity index (χ3v) is 5.61. The molecule has 0 aromatic heterocycles. The van der Waals surface area contributed by atoms with E-state index in [4.69, 9.17) is 9.47 Å². The molecule has 1 aliphatic heterocycles. The molecule has 0 spiro atoms. The molecule has 0 saturated heterocycles. The zero-order chi connectivity index (χ0) is 21.1. The van der Waals surface area contributed by atoms with E-state index in [0.717, 1.165) is 34.4 Å². The van der Waals surface area contributed by atoms with Crippen LogP contribution in [-0.4, -0.2) is 44.0 Å². The molecule has 0 N–H and O–H groups in total. The predicted molar refractivity (Wildman–Crippen MR) is 113 cm³/mol. The van der Waals surface area contributed by atoms with Crippen LogP contribution in [0.3, 0.4) is 0 Å². The summed E-state index contributed by atoms with van der Waals surface area (Å²) in [7, 11) is 3.22. The van der Waals surface area contributed by atoms with Crippen LogP contribution in [0.5, 0.6) is 11.5 Å². The number of aryl methyl sites for hydroxylation is 1. The average molecular weight is 396 g/mol. The fourth-order valence-electron chi connectivity index (χ4n) is 3.73. The second-order valence-corrected chi connectivity index (χ2v) is 7.37. The monoisotopic (exact) mass is 396 g/mol. The van der Waals surface area contributed by atoms with Crippen LogP contribution in [0.4, 0.5) is 5.69 Å². The van der Waals surface area contributed by atoms with Crippen molar-refractivity contribution in [3.05, 3.63) is 52.6 Å². The number of fused-ring (bicyclic) bond motifs is 1. The fourth-order valence-corrected chi connectivity index (χ4v) is 3.73. The summed E-state index contributed by atoms with van der Waals surface area (Å²) in [4.78, 5) is 28.7. The number of anilines is 1. The second kappa shape index (κ2) is 8.55. The molecule has 0 bridgehead atoms. The van der Waals surface area contributed by atoms with Crippen molar-refractivity contribution in [2.75, 3.05) is 32.2 Å². The first-order valence-electron chi connectivity index (χ1n) is 9.71. The number of carbonyl (C=O) groups is 2. The topological polar surface area (TPSA) is 59.1 Å². The van der Waals surface area contributed by atoms with Crippen molar-refractivity contribution in [3.8, 4) is 11.5 Å². The van der Waals surface area contributed by atoms with Crippen molar-refractivity contribution in [3.63, 3.8) is 0 Å². The van der Waals surface area contributed by atoms with Gasteiger partial charge in [0.05, 0.1) is 14.2 Å². The number of benzene rings is 2. The Morgan fingerprint density at radius 3 is 2.34 bits per heavy atom. The van der Waals surface area contributed by atoms with E-state index in [9.17, 15) is 9.59 Å². The highest BCUT2D eigenvalue weighted by molar-refractivity contribution is 5.98. The molecule has 3 rings (SSSR count). The molecule has 0 atom stereocenters. The van der Waals surface area contributed by atoms with Crippen LogP contribution in [0.15, 0.2) is 30.3 Å². The summed E-state index contributed by atoms with van der Waals surface area (Å²) >= 11 is 0. The smallest absolute Gasteiger partial charge is 0.242 e. The van der Waals surface area contributed by atoms with Crippen molar-refractivity contribution in [1.82, 2.24) is 4.90 Å². The molecule has 1 heterocycles. The zero-order valence-corrected chi connectivity index (χ0v) is 17.7. The van der Waals surface area contributed by atoms with Crippen LogP contribution < -0.4 is 14.4 Å². The number of hydrogen-bond donors (Lipinski definition) is 0. The van der Waals surface area contributed by atoms with Gasteiger partial charge in [0.2, 0.25) is 11.8 Å². The molecular formula is C23H28N2O4. The van der Waals surface area contributed by atoms with Crippen molar-refractivity contribution < 1.29 is 19.1 Å². The van der Waals surface area contributed by atoms with Crippen molar-refractivity contribution in [2.24, 2.45) is 0 Å². The summed E-state index contributed by atoms with van der Waals surface area (Å²) in [5, 5.41) is 0. The van der Waals surface area contributed by atoms with Gasteiger partial charge in [-0.3, -0.25) is 9.59 Å². The van der Waals surface area contributed by atoms with Crippen molar-refractivity contribution in [1.29, 1.82) is 0 Å². The summed E-state index contributed by atoms with van der Waals surface area (Å²) in [6.07, 6.45) is 0.741. The third-order valence-electron chi connectivity index (χ3n) is 5.61. The van der Waals surface area contributed by atoms with Gasteiger partial charge >= 0.3 is 0 Å². The lowest BCUT2D eigenvalue weighted by atomic mass is 9.98. The Bertz CT molecular complexity index is 939. The molecule has 0 fully saturated rings. The van der Waals surface area contributed by atoms with E-state index >= 15 is 0 Å². The van der Waals surface area contributed by atoms with E-state index in [-0.39, 0.29) is 18.4 Å². The lowest BCUT2D eigenvalue weighted by Gasteiger charge is -2.32. The Hall–Kier alpha value is -3.02. The van der Waals surface area contributed by atoms with Crippen LogP contribution in [-0.2, 0) is 22.6 Å². The first-order chi connectivity index (χ1) is 13.8. The van der Waals surface area contributed by atoms with E-state index in [1.165, 1.54) is 6.92 Å². The highest BCUT2D eigenvalue weighted by Gasteiger charge is 2.26. The summed E-state index contributed by atoms with van der Waals surface area (Å²) < 4.78 is 10.8. The maximum atomic E-state index is 13.0. The minimum absolute atomic E-state index is 0.0300. The van der Waals surface area contributed by atoms with E-state index in [2.05, 4.69) is 0 Å². The molecule has 0 unspecified atom stereocenters. The Kier molecular flexibility index (Phi) is 6.11. The number of rotatable bonds is 5. The Morgan fingerprint density at radius 2 is 1.72 bits per heavy atom. The molecule has 0 radical (unpaired) electrons. The molecule has 2 amide bonds. The van der Waals surface area contributed by atoms with E-state index in [0.29, 0.717) is 24.6 Å². The molecule has 6 heteroatoms. The van der Waals surface area contributed by atoms with Crippen LogP contribution in [0.25, 0.3) is 0 Å². The van der Waals surface area contributed by atoms with Gasteiger partial charge in [-0.25, -0.2) is 0 Å². The van der Waals surface area contributed by atoms with E-state index < -0.39 is 0 Å². The minimum Gasteiger partial charge on any atom is -0.493 e. The molecule has 0 saturated carbocycles. The average Bonchev–Trinajstić information content (AvgIpc) is 2.72. The molecular weight excluding hydrogens is 368 g/mol. The number of hydrogen-bond acceptors (Lipinski definition) is 4. The molecule has 29 heavy (non-hydrogen) atoms. The summed E-state index contributed by atoms with van der Waals surface area (Å²) in [6.45, 7) is 6.61. The molecule has 1 aliphatic rings. The Labute approximate surface area is 172 Å². The minimum atomic E-state index is -0.143. The SMILES string of the molecule is COc1cc2c(cc1OC)CN(C(=O)CN(C(C)=O)c1cccc(C)c1C)CC2. The number of methoxy groups -OCH3 is 2. The number of carbonyl (C=O) groups excluding carboxylic acids is 2. The molecule has 2 aromatic carbocycles. The Morgan fingerprint density at radius 1 is 1.07 bits per heavy atom. The Balaban J connectivity index is 1.80. The van der Waals surface area contributed by atoms with E-state index in [1.54, 1.807) is 24.0 Å². The largest absolute Gasteiger partial charge is 0.493 e. The van der Waals surface area contributed by atoms with Gasteiger partial charge < -0.3 is 19.3 Å². The van der Waals surface area contributed by atoms with Gasteiger partial charge in [-0.05, 0) is 60.7 Å². The summed E-state index contributed by atoms with van der Waals surface area (Å²) in [5.41, 5.74) is 5.09. The first kappa shape index (κ1) is 20.7. The number of amides is 2. The first-order valence-corrected chi connectivity index (χ1v) is 9.71. The molecule has 6 nitrogen and oxygen atoms in total. The second-order valence-electron chi connectivity index (χ2n) is 7.37. The number of ether oxygens (including phenoxy) is 2. The zero-order valence-electron chi connectivity index (χ0n) is 17.7. The summed E-state index contributed by atoms with van der Waals surface area (Å²) in [5.74, 6) is 1.14. The lowest BCUT2D eigenvalue weighted by molar-refractivity contribution is -0.132. The maximum absolute atomic E-state index is 13.0. The fraction of sp³-hybridized carbons (Fsp3) is 0.391. The number of nitrogens with zero attached hydrogens (tertiary/aromatic N) is 2. The molecule has 0 aliphatic carbocycles. The van der Waals surface area contributed by atoms with Crippen molar-refractivity contribution >= 4 is 17.5 Å². The van der Waals surface area contributed by atoms with Gasteiger partial charge in [0.1, 0.15) is 6.54 Å². The quantitative estimate of drug-likeness (QED) is 0.778. The molecule has 154 valence electrons. The highest BCUT2D eigenvalue weighted by Crippen LogP contribution is 2.33. The van der Waals surface area contributed by atoms with Gasteiger partial charge in [-0.15, -0.1) is 0 Å². The predicted octanol–water partition coefficient (Wildman–Crippen LogP) is 3.26. The van der Waals surface area contributed by atoms with Gasteiger partial charge in [-0.1, -0.05) is 12.1 Å². The van der Waals surface area contributed by atoms with Crippen LogP contribution >= 0.6 is 0 Å². The summed E-state index contributed by atoms with van der Waals surface area (Å²) in [6, 6.07) is 9.71. The van der Waals surface area contributed by atoms with Crippen LogP contribution in [0.2, 0.25) is 0 Å². The van der Waals surface area contributed by atoms with E-state index in [1.807, 2.05) is 44.2 Å². The maximum Gasteiger partial charge on any atom is 0.242 e. The normalized spacial score (nSPS) is 12.9. The van der Waals surface area contributed by atoms with Gasteiger partial charge in [0.25, 0.3) is 0 Å². The van der Waals surface area contributed by atoms with Gasteiger partial charge in [0.15, 0.2) is 11.5 Å². The van der Waals surface area contributed by atoms with Crippen LogP contribution in [0, 0.1) is 13.8 Å². The lowest BCUT2D eigenvalue weighted by Crippen LogP contribution is -2.44. The van der Waals surface area contributed by atoms with Crippen LogP contribution in [0.1, 0.15) is 29.2 Å². The standard InChI is InChI=1S/C23H28N2O4/c1-15-7-6-8-20(16(15)2)25(17(3)26)14-23(27)24-10-9-18-11-21(28-4)22(29-5)12-19(18)13-24/h6-8,11-12H,9-10,13-14H2,1-5H3. The van der Waals surface area contributed by atoms with Crippen molar-refractivity contribution in [2.45, 2.75) is 33.7 Å². The molecule has 2 aromatic rings. The third kappa shape index (κ3) is 4.21.